The van der Waals surface area contributed by atoms with Gasteiger partial charge in [0.2, 0.25) is 0 Å². The monoisotopic (exact) mass is 581 g/mol. The van der Waals surface area contributed by atoms with Gasteiger partial charge in [0.15, 0.2) is 5.60 Å². The van der Waals surface area contributed by atoms with E-state index in [1.54, 1.807) is 24.3 Å². The van der Waals surface area contributed by atoms with Gasteiger partial charge in [0.25, 0.3) is 0 Å². The van der Waals surface area contributed by atoms with Crippen LogP contribution in [-0.2, 0) is 32.7 Å². The van der Waals surface area contributed by atoms with Crippen molar-refractivity contribution in [3.05, 3.63) is 98.2 Å². The third-order valence-electron chi connectivity index (χ3n) is 4.68. The average Bonchev–Trinajstić information content (AvgIpc) is 2.95. The number of phenolic OH excluding ortho intramolecular Hbond substituents is 2. The van der Waals surface area contributed by atoms with E-state index in [0.717, 1.165) is 0 Å². The summed E-state index contributed by atoms with van der Waals surface area (Å²) in [5, 5.41) is 34.4. The van der Waals surface area contributed by atoms with E-state index in [0.29, 0.717) is 33.8 Å². The van der Waals surface area contributed by atoms with E-state index in [2.05, 4.69) is 0 Å². The number of carbonyl (C=O) groups excluding carboxylic acids is 1. The second-order valence-electron chi connectivity index (χ2n) is 6.30. The van der Waals surface area contributed by atoms with Crippen LogP contribution in [0.1, 0.15) is 27.0 Å². The summed E-state index contributed by atoms with van der Waals surface area (Å²) in [5.41, 5.74) is 1.28. The van der Waals surface area contributed by atoms with Crippen molar-refractivity contribution in [3.8, 4) is 23.0 Å². The van der Waals surface area contributed by atoms with Crippen molar-refractivity contribution in [2.75, 3.05) is 0 Å². The van der Waals surface area contributed by atoms with E-state index in [1.807, 2.05) is 12.1 Å². The van der Waals surface area contributed by atoms with Gasteiger partial charge in [-0.25, -0.2) is 4.79 Å². The number of fused-ring (bicyclic) bond motifs is 6. The predicted octanol–water partition coefficient (Wildman–Crippen LogP) is 4.00. The summed E-state index contributed by atoms with van der Waals surface area (Å²) >= 11 is 0. The van der Waals surface area contributed by atoms with Crippen LogP contribution in [0, 0.1) is 15.3 Å². The molecule has 0 radical (unpaired) electrons. The first-order valence-electron chi connectivity index (χ1n) is 8.32. The Bertz CT molecular complexity index is 1110. The molecule has 11 heteroatoms. The fourth-order valence-electron chi connectivity index (χ4n) is 3.65. The maximum Gasteiger partial charge on any atom is 1.00 e. The van der Waals surface area contributed by atoms with Crippen molar-refractivity contribution in [2.24, 2.45) is 0 Å². The molecule has 31 heavy (non-hydrogen) atoms. The van der Waals surface area contributed by atoms with E-state index in [4.69, 9.17) is 24.8 Å². The number of halogens is 1. The van der Waals surface area contributed by atoms with Gasteiger partial charge in [-0.3, -0.25) is 0 Å². The smallest absolute Gasteiger partial charge is 0.508 e. The number of phenols is 2. The van der Waals surface area contributed by atoms with Gasteiger partial charge in [-0.05, 0) is 30.3 Å². The van der Waals surface area contributed by atoms with Crippen LogP contribution < -0.4 is 4.74 Å². The molecule has 2 N–H and O–H groups in total. The van der Waals surface area contributed by atoms with Crippen LogP contribution in [0.3, 0.4) is 0 Å². The van der Waals surface area contributed by atoms with Gasteiger partial charge < -0.3 is 35.0 Å². The normalized spacial score (nSPS) is 13.5. The van der Waals surface area contributed by atoms with E-state index in [1.165, 1.54) is 24.3 Å². The molecule has 3 aromatic rings. The van der Waals surface area contributed by atoms with Crippen LogP contribution in [0.15, 0.2) is 60.7 Å². The molecule has 1 spiro atoms. The molecule has 0 aliphatic carbocycles. The third-order valence-corrected chi connectivity index (χ3v) is 4.68. The second kappa shape index (κ2) is 8.98. The summed E-state index contributed by atoms with van der Waals surface area (Å²) in [6.07, 6.45) is 0. The Morgan fingerprint density at radius 1 is 0.839 bits per heavy atom. The Hall–Kier alpha value is -3.05. The molecule has 0 bridgehead atoms. The number of aromatic hydroxyl groups is 2. The molecule has 0 fully saturated rings. The Morgan fingerprint density at radius 3 is 1.84 bits per heavy atom. The fourth-order valence-corrected chi connectivity index (χ4v) is 3.65. The summed E-state index contributed by atoms with van der Waals surface area (Å²) in [4.78, 5) is 20.8. The number of esters is 1. The van der Waals surface area contributed by atoms with Crippen molar-refractivity contribution in [3.63, 3.8) is 0 Å². The van der Waals surface area contributed by atoms with Crippen molar-refractivity contribution >= 4 is 23.0 Å². The van der Waals surface area contributed by atoms with E-state index in [-0.39, 0.29) is 50.9 Å². The molecule has 3 aromatic carbocycles. The number of rotatable bonds is 0. The number of hydrogen-bond acceptors (Lipinski definition) is 8. The van der Waals surface area contributed by atoms with Crippen molar-refractivity contribution < 1.29 is 51.9 Å². The minimum absolute atomic E-state index is 0. The fraction of sp³-hybridized carbons (Fsp3) is 0.0500. The van der Waals surface area contributed by atoms with Gasteiger partial charge in [-0.1, -0.05) is 18.2 Å². The second-order valence-corrected chi connectivity index (χ2v) is 6.30. The Morgan fingerprint density at radius 2 is 1.32 bits per heavy atom. The zero-order chi connectivity index (χ0) is 20.8. The summed E-state index contributed by atoms with van der Waals surface area (Å²) in [7, 11) is 0. The zero-order valence-electron chi connectivity index (χ0n) is 15.3. The molecule has 9 nitrogen and oxygen atoms in total. The molecule has 5 rings (SSSR count). The van der Waals surface area contributed by atoms with Gasteiger partial charge in [-0.2, -0.15) is 0 Å². The number of hydrogen-bond donors (Lipinski definition) is 2. The van der Waals surface area contributed by atoms with Crippen LogP contribution in [-0.4, -0.2) is 21.3 Å². The number of ether oxygens (including phenoxy) is 2. The molecule has 0 atom stereocenters. The SMILES string of the molecule is Br.O=C1OC2(c3ccc(O)cc3Oc3cc(O)ccc32)c2ccccc21.O=[N+]([O-])[O-].[Ag+]. The number of benzene rings is 3. The first-order chi connectivity index (χ1) is 13.8. The van der Waals surface area contributed by atoms with Gasteiger partial charge in [0.1, 0.15) is 23.0 Å². The Balaban J connectivity index is 0.000000527. The number of nitrogens with zero attached hydrogens (tertiary/aromatic N) is 1. The van der Waals surface area contributed by atoms with E-state index < -0.39 is 16.7 Å². The maximum atomic E-state index is 12.5. The summed E-state index contributed by atoms with van der Waals surface area (Å²) in [6.45, 7) is 0. The first-order valence-corrected chi connectivity index (χ1v) is 8.32. The molecule has 2 aliphatic rings. The molecule has 0 saturated carbocycles. The van der Waals surface area contributed by atoms with Gasteiger partial charge >= 0.3 is 28.3 Å². The average molecular weight is 583 g/mol. The molecular weight excluding hydrogens is 570 g/mol. The predicted molar refractivity (Wildman–Crippen MR) is 109 cm³/mol. The van der Waals surface area contributed by atoms with Crippen LogP contribution in [0.2, 0.25) is 0 Å². The van der Waals surface area contributed by atoms with Crippen LogP contribution >= 0.6 is 17.0 Å². The molecule has 0 saturated heterocycles. The molecule has 0 aromatic heterocycles. The van der Waals surface area contributed by atoms with Crippen LogP contribution in [0.4, 0.5) is 0 Å². The van der Waals surface area contributed by atoms with Crippen molar-refractivity contribution in [2.45, 2.75) is 5.60 Å². The Labute approximate surface area is 201 Å². The van der Waals surface area contributed by atoms with Gasteiger partial charge in [-0.15, -0.1) is 17.0 Å². The topological polar surface area (TPSA) is 142 Å². The minimum atomic E-state index is -1.75. The molecular formula is C20H13AgBrNO8. The van der Waals surface area contributed by atoms with Gasteiger partial charge in [0.05, 0.1) is 10.7 Å². The summed E-state index contributed by atoms with van der Waals surface area (Å²) in [5.74, 6) is 0.408. The zero-order valence-corrected chi connectivity index (χ0v) is 18.5. The molecule has 0 amide bonds. The van der Waals surface area contributed by atoms with E-state index >= 15 is 0 Å². The number of carbonyl (C=O) groups is 1. The molecule has 164 valence electrons. The summed E-state index contributed by atoms with van der Waals surface area (Å²) < 4.78 is 11.8. The summed E-state index contributed by atoms with van der Waals surface area (Å²) in [6, 6.07) is 16.6. The molecule has 0 unspecified atom stereocenters. The largest absolute Gasteiger partial charge is 1.00 e. The standard InChI is InChI=1S/C20H12O5.Ag.BrH.NO3/c21-11-5-7-15-17(9-11)24-18-10-12(22)6-8-16(18)20(15)14-4-2-1-3-13(14)19(23)25-20;;;2-1(3)4/h1-10,21-22H;;1H;/q;+1;;-1. The van der Waals surface area contributed by atoms with Gasteiger partial charge in [0, 0.05) is 28.8 Å². The first kappa shape index (κ1) is 24.2. The van der Waals surface area contributed by atoms with Crippen molar-refractivity contribution in [1.82, 2.24) is 0 Å². The van der Waals surface area contributed by atoms with Crippen molar-refractivity contribution in [1.29, 1.82) is 0 Å². The molecule has 2 heterocycles. The third kappa shape index (κ3) is 3.98. The van der Waals surface area contributed by atoms with Crippen LogP contribution in [0.25, 0.3) is 0 Å². The van der Waals surface area contributed by atoms with Crippen LogP contribution in [0.5, 0.6) is 23.0 Å². The van der Waals surface area contributed by atoms with E-state index in [9.17, 15) is 15.0 Å². The maximum absolute atomic E-state index is 12.5. The quantitative estimate of drug-likeness (QED) is 0.175. The minimum Gasteiger partial charge on any atom is -0.508 e. The molecule has 2 aliphatic heterocycles. The Kier molecular flexibility index (Phi) is 7.02.